The molecule has 0 radical (unpaired) electrons. The normalized spacial score (nSPS) is 41.0. The molecule has 9 heteroatoms. The maximum absolute atomic E-state index is 15.7. The molecule has 7 N–H and O–H groups in total. The Kier molecular flexibility index (Phi) is 10.9. The van der Waals surface area contributed by atoms with Crippen molar-refractivity contribution in [2.24, 2.45) is 45.3 Å². The van der Waals surface area contributed by atoms with Crippen LogP contribution >= 0.6 is 0 Å². The number of nitrogens with one attached hydrogen (secondary N) is 2. The van der Waals surface area contributed by atoms with Crippen molar-refractivity contribution in [1.82, 2.24) is 10.6 Å². The number of aromatic hydroxyl groups is 1. The minimum absolute atomic E-state index is 0.0134. The number of aliphatic hydroxyl groups is 2. The summed E-state index contributed by atoms with van der Waals surface area (Å²) < 4.78 is 6.54. The lowest BCUT2D eigenvalue weighted by atomic mass is 9.33. The van der Waals surface area contributed by atoms with Crippen LogP contribution in [0.4, 0.5) is 5.69 Å². The largest absolute Gasteiger partial charge is 0.508 e. The Hall–Kier alpha value is -3.08. The number of nitrogen functional groups attached to an aromatic ring is 1. The summed E-state index contributed by atoms with van der Waals surface area (Å²) in [5.74, 6) is 1.46. The van der Waals surface area contributed by atoms with Crippen molar-refractivity contribution in [3.8, 4) is 5.75 Å². The van der Waals surface area contributed by atoms with E-state index < -0.39 is 28.6 Å². The van der Waals surface area contributed by atoms with E-state index in [0.29, 0.717) is 50.6 Å². The van der Waals surface area contributed by atoms with Gasteiger partial charge in [-0.25, -0.2) is 0 Å². The number of nitrogens with two attached hydrogens (primary N) is 1. The number of ketones is 2. The van der Waals surface area contributed by atoms with Crippen molar-refractivity contribution in [2.45, 2.75) is 173 Å². The van der Waals surface area contributed by atoms with Gasteiger partial charge in [-0.2, -0.15) is 0 Å². The van der Waals surface area contributed by atoms with Crippen LogP contribution in [0.5, 0.6) is 5.75 Å². The summed E-state index contributed by atoms with van der Waals surface area (Å²) in [5.41, 5.74) is 9.57. The predicted octanol–water partition coefficient (Wildman–Crippen LogP) is 8.28. The van der Waals surface area contributed by atoms with Gasteiger partial charge in [0.2, 0.25) is 0 Å². The Balaban J connectivity index is 1.08. The van der Waals surface area contributed by atoms with Crippen molar-refractivity contribution in [2.75, 3.05) is 19.3 Å². The molecule has 5 bridgehead atoms. The van der Waals surface area contributed by atoms with Crippen LogP contribution in [-0.4, -0.2) is 70.4 Å². The molecule has 9 nitrogen and oxygen atoms in total. The fourth-order valence-corrected chi connectivity index (χ4v) is 17.0. The van der Waals surface area contributed by atoms with Gasteiger partial charge < -0.3 is 36.4 Å². The SMILES string of the molecule is CNCc1cc(O)cc([C@]23CCC[C@]45CC(=O)C([C@H](C)C[C@@H](O)[C@H]6O[C@]6(C)[C@@H]6CCC[C@@H]6c6cccc(N)c6)=C4CC[C@@H]4[C@](C)(C2)[C@@H]([C@@H](NC[C@H](C)O)C[C@]45C)C(C)(C)C3=O)c1. The van der Waals surface area contributed by atoms with Crippen LogP contribution in [0.15, 0.2) is 53.6 Å². The first-order valence-corrected chi connectivity index (χ1v) is 24.2. The lowest BCUT2D eigenvalue weighted by Gasteiger charge is -2.71. The first-order valence-electron chi connectivity index (χ1n) is 24.2. The van der Waals surface area contributed by atoms with E-state index in [0.717, 1.165) is 73.8 Å². The molecule has 2 aromatic rings. The number of carbonyl (C=O) groups excluding carboxylic acids is 2. The fourth-order valence-electron chi connectivity index (χ4n) is 17.0. The summed E-state index contributed by atoms with van der Waals surface area (Å²) in [6, 6.07) is 14.0. The minimum atomic E-state index is -0.799. The van der Waals surface area contributed by atoms with Crippen molar-refractivity contribution in [1.29, 1.82) is 0 Å². The lowest BCUT2D eigenvalue weighted by Crippen LogP contribution is -2.72. The smallest absolute Gasteiger partial charge is 0.160 e. The number of fused-ring (bicyclic) bond motifs is 1. The van der Waals surface area contributed by atoms with E-state index in [9.17, 15) is 20.1 Å². The summed E-state index contributed by atoms with van der Waals surface area (Å²) in [6.07, 6.45) is 8.32. The average Bonchev–Trinajstić information content (AvgIpc) is 3.49. The molecule has 2 aromatic carbocycles. The zero-order valence-corrected chi connectivity index (χ0v) is 38.8. The van der Waals surface area contributed by atoms with E-state index in [-0.39, 0.29) is 63.5 Å². The Morgan fingerprint density at radius 3 is 2.47 bits per heavy atom. The number of anilines is 1. The molecule has 7 aliphatic rings. The fraction of sp³-hybridized carbons (Fsp3) is 0.698. The van der Waals surface area contributed by atoms with Crippen LogP contribution < -0.4 is 16.4 Å². The first kappa shape index (κ1) is 44.1. The van der Waals surface area contributed by atoms with Crippen LogP contribution in [0.25, 0.3) is 0 Å². The lowest BCUT2D eigenvalue weighted by molar-refractivity contribution is -0.201. The molecule has 338 valence electrons. The summed E-state index contributed by atoms with van der Waals surface area (Å²) in [7, 11) is 1.90. The number of phenols is 1. The van der Waals surface area contributed by atoms with Crippen molar-refractivity contribution < 1.29 is 29.6 Å². The standard InChI is InChI=1S/C53H75N3O6/c1-30(20-41(59)46-51(7,62-46)38-15-10-14-37(38)33-12-9-13-35(54)23-33)44-39-16-17-43-49(5)29-52(34-21-32(28-55-8)22-36(58)24-34)18-11-19-53(39,26-42(44)60)50(43,6)25-40(56-27-31(2)57)45(49)48(3,4)47(52)61/h9,12-13,21-24,30-31,37-38,40-41,43,45-46,55-59H,10-11,14-20,25-29,54H2,1-8H3/t30-,31+,37-,38-,40+,41-,43-,45+,46-,49+,50-,51-,52+,53+/m1/s1. The molecule has 0 unspecified atom stereocenters. The zero-order chi connectivity index (χ0) is 44.4. The number of Topliss-reactive ketones (excluding diaryl/α,β-unsaturated/α-hetero) is 2. The minimum Gasteiger partial charge on any atom is -0.508 e. The Morgan fingerprint density at radius 1 is 0.968 bits per heavy atom. The van der Waals surface area contributed by atoms with Crippen LogP contribution in [-0.2, 0) is 26.3 Å². The molecule has 6 aliphatic carbocycles. The number of ether oxygens (including phenoxy) is 1. The van der Waals surface area contributed by atoms with Gasteiger partial charge in [0, 0.05) is 42.1 Å². The molecule has 1 spiro atoms. The van der Waals surface area contributed by atoms with Gasteiger partial charge in [0.25, 0.3) is 0 Å². The number of hydrogen-bond acceptors (Lipinski definition) is 9. The molecule has 0 aromatic heterocycles. The number of aliphatic hydroxyl groups excluding tert-OH is 2. The van der Waals surface area contributed by atoms with Gasteiger partial charge in [-0.05, 0) is 166 Å². The van der Waals surface area contributed by atoms with Gasteiger partial charge in [-0.3, -0.25) is 9.59 Å². The van der Waals surface area contributed by atoms with E-state index in [2.05, 4.69) is 70.4 Å². The molecular formula is C53H75N3O6. The molecule has 9 rings (SSSR count). The second-order valence-electron chi connectivity index (χ2n) is 23.0. The molecule has 1 aliphatic heterocycles. The third-order valence-electron chi connectivity index (χ3n) is 19.0. The third-order valence-corrected chi connectivity index (χ3v) is 19.0. The van der Waals surface area contributed by atoms with Crippen molar-refractivity contribution in [3.63, 3.8) is 0 Å². The Bertz CT molecular complexity index is 2150. The number of rotatable bonds is 12. The molecule has 0 amide bonds. The molecule has 1 saturated heterocycles. The van der Waals surface area contributed by atoms with Crippen LogP contribution in [0, 0.1) is 45.3 Å². The second kappa shape index (κ2) is 15.3. The van der Waals surface area contributed by atoms with E-state index in [4.69, 9.17) is 10.5 Å². The molecule has 62 heavy (non-hydrogen) atoms. The van der Waals surface area contributed by atoms with Gasteiger partial charge in [-0.15, -0.1) is 0 Å². The third kappa shape index (κ3) is 6.47. The number of benzene rings is 2. The Labute approximate surface area is 370 Å². The highest BCUT2D eigenvalue weighted by molar-refractivity contribution is 6.01. The molecule has 14 atom stereocenters. The highest BCUT2D eigenvalue weighted by Crippen LogP contribution is 2.77. The average molecular weight is 850 g/mol. The summed E-state index contributed by atoms with van der Waals surface area (Å²) in [5, 5.41) is 41.0. The topological polar surface area (TPSA) is 157 Å². The van der Waals surface area contributed by atoms with Gasteiger partial charge in [0.1, 0.15) is 17.6 Å². The monoisotopic (exact) mass is 850 g/mol. The Morgan fingerprint density at radius 2 is 1.74 bits per heavy atom. The number of carbonyl (C=O) groups is 2. The van der Waals surface area contributed by atoms with Crippen molar-refractivity contribution in [3.05, 3.63) is 70.3 Å². The van der Waals surface area contributed by atoms with Crippen LogP contribution in [0.1, 0.15) is 148 Å². The highest BCUT2D eigenvalue weighted by Gasteiger charge is 2.75. The number of allylic oxidation sites excluding steroid dienone is 2. The van der Waals surface area contributed by atoms with E-state index in [1.54, 1.807) is 6.07 Å². The zero-order valence-electron chi connectivity index (χ0n) is 38.8. The van der Waals surface area contributed by atoms with Crippen LogP contribution in [0.3, 0.4) is 0 Å². The van der Waals surface area contributed by atoms with Gasteiger partial charge >= 0.3 is 0 Å². The van der Waals surface area contributed by atoms with Gasteiger partial charge in [-0.1, -0.05) is 71.2 Å². The van der Waals surface area contributed by atoms with E-state index in [1.165, 1.54) is 11.1 Å². The van der Waals surface area contributed by atoms with Crippen molar-refractivity contribution >= 4 is 17.3 Å². The maximum atomic E-state index is 15.7. The van der Waals surface area contributed by atoms with E-state index >= 15 is 4.79 Å². The summed E-state index contributed by atoms with van der Waals surface area (Å²) >= 11 is 0. The predicted molar refractivity (Wildman–Crippen MR) is 243 cm³/mol. The molecule has 6 fully saturated rings. The summed E-state index contributed by atoms with van der Waals surface area (Å²) in [6.45, 7) is 16.5. The number of phenolic OH excluding ortho intramolecular Hbond substituents is 1. The van der Waals surface area contributed by atoms with Gasteiger partial charge in [0.15, 0.2) is 5.78 Å². The van der Waals surface area contributed by atoms with E-state index in [1.807, 2.05) is 32.2 Å². The highest BCUT2D eigenvalue weighted by atomic mass is 16.6. The first-order chi connectivity index (χ1) is 29.3. The van der Waals surface area contributed by atoms with Crippen LogP contribution in [0.2, 0.25) is 0 Å². The van der Waals surface area contributed by atoms with Gasteiger partial charge in [0.05, 0.1) is 23.2 Å². The second-order valence-corrected chi connectivity index (χ2v) is 23.0. The maximum Gasteiger partial charge on any atom is 0.160 e. The quantitative estimate of drug-likeness (QED) is 0.0914. The molecule has 1 heterocycles. The number of epoxide rings is 1. The molecule has 5 saturated carbocycles. The molecular weight excluding hydrogens is 775 g/mol. The number of hydrogen-bond donors (Lipinski definition) is 6. The summed E-state index contributed by atoms with van der Waals surface area (Å²) in [4.78, 5) is 30.6.